The van der Waals surface area contributed by atoms with Crippen LogP contribution in [-0.4, -0.2) is 57.4 Å². The van der Waals surface area contributed by atoms with Gasteiger partial charge in [0.25, 0.3) is 0 Å². The highest BCUT2D eigenvalue weighted by Crippen LogP contribution is 2.03. The lowest BCUT2D eigenvalue weighted by Crippen LogP contribution is -2.34. The molecule has 1 aliphatic rings. The van der Waals surface area contributed by atoms with E-state index in [0.29, 0.717) is 13.1 Å². The fraction of sp³-hybridized carbons (Fsp3) is 0.889. The molecule has 14 heavy (non-hydrogen) atoms. The molecule has 0 aromatic rings. The molecule has 5 nitrogen and oxygen atoms in total. The third kappa shape index (κ3) is 4.43. The number of alkyl carbamates (subject to hydrolysis) is 1. The second-order valence-electron chi connectivity index (χ2n) is 3.68. The predicted octanol–water partition coefficient (Wildman–Crippen LogP) is -0.349. The summed E-state index contributed by atoms with van der Waals surface area (Å²) in [5, 5.41) is 6.81. The van der Waals surface area contributed by atoms with Crippen LogP contribution in [0.5, 0.6) is 0 Å². The fourth-order valence-electron chi connectivity index (χ4n) is 1.23. The zero-order chi connectivity index (χ0) is 10.4. The van der Waals surface area contributed by atoms with Gasteiger partial charge in [-0.1, -0.05) is 0 Å². The van der Waals surface area contributed by atoms with Crippen molar-refractivity contribution in [3.63, 3.8) is 0 Å². The van der Waals surface area contributed by atoms with E-state index in [1.807, 2.05) is 19.0 Å². The Bertz CT molecular complexity index is 179. The number of carbonyl (C=O) groups is 1. The van der Waals surface area contributed by atoms with Crippen LogP contribution in [0, 0.1) is 0 Å². The summed E-state index contributed by atoms with van der Waals surface area (Å²) < 4.78 is 5.13. The van der Waals surface area contributed by atoms with Crippen molar-refractivity contribution in [2.24, 2.45) is 0 Å². The first-order valence-electron chi connectivity index (χ1n) is 4.91. The fourth-order valence-corrected chi connectivity index (χ4v) is 1.23. The van der Waals surface area contributed by atoms with E-state index in [4.69, 9.17) is 4.74 Å². The number of nitrogens with one attached hydrogen (secondary N) is 1. The average molecular weight is 200 g/mol. The van der Waals surface area contributed by atoms with Gasteiger partial charge in [-0.3, -0.25) is 0 Å². The van der Waals surface area contributed by atoms with Crippen molar-refractivity contribution >= 4 is 6.09 Å². The third-order valence-electron chi connectivity index (χ3n) is 2.04. The van der Waals surface area contributed by atoms with E-state index in [0.717, 1.165) is 19.5 Å². The molecule has 81 valence electrons. The molecule has 5 heteroatoms. The number of ether oxygens (including phenoxy) is 1. The standard InChI is InChI=1S/C9H18N3O2/c1-12(2)6-5-11-9(13)14-8-3-4-10-7-8/h8H,3-7H2,1-2H3,(H,11,13). The van der Waals surface area contributed by atoms with Gasteiger partial charge in [0.05, 0.1) is 6.54 Å². The molecule has 0 saturated carbocycles. The summed E-state index contributed by atoms with van der Waals surface area (Å²) in [6.45, 7) is 2.91. The summed E-state index contributed by atoms with van der Waals surface area (Å²) in [5.41, 5.74) is 0. The Morgan fingerprint density at radius 3 is 3.00 bits per heavy atom. The molecular weight excluding hydrogens is 182 g/mol. The molecule has 0 aromatic carbocycles. The van der Waals surface area contributed by atoms with Gasteiger partial charge in [0.2, 0.25) is 0 Å². The average Bonchev–Trinajstić information content (AvgIpc) is 2.56. The lowest BCUT2D eigenvalue weighted by Gasteiger charge is -2.13. The molecule has 1 rings (SSSR count). The molecule has 1 unspecified atom stereocenters. The minimum Gasteiger partial charge on any atom is -0.445 e. The van der Waals surface area contributed by atoms with Gasteiger partial charge >= 0.3 is 6.09 Å². The highest BCUT2D eigenvalue weighted by Gasteiger charge is 2.19. The minimum absolute atomic E-state index is 0.00523. The maximum absolute atomic E-state index is 11.2. The Labute approximate surface area is 84.8 Å². The summed E-state index contributed by atoms with van der Waals surface area (Å²) >= 11 is 0. The summed E-state index contributed by atoms with van der Waals surface area (Å²) in [6.07, 6.45) is 0.532. The van der Waals surface area contributed by atoms with Crippen molar-refractivity contribution < 1.29 is 9.53 Å². The maximum atomic E-state index is 11.2. The van der Waals surface area contributed by atoms with Gasteiger partial charge in [-0.15, -0.1) is 0 Å². The summed E-state index contributed by atoms with van der Waals surface area (Å²) in [6, 6.07) is 0. The first-order valence-corrected chi connectivity index (χ1v) is 4.91. The van der Waals surface area contributed by atoms with Gasteiger partial charge in [-0.05, 0) is 20.5 Å². The van der Waals surface area contributed by atoms with Gasteiger partial charge < -0.3 is 15.0 Å². The highest BCUT2D eigenvalue weighted by atomic mass is 16.6. The number of amides is 1. The van der Waals surface area contributed by atoms with Crippen LogP contribution in [0.3, 0.4) is 0 Å². The first-order chi connectivity index (χ1) is 6.68. The molecule has 1 saturated heterocycles. The minimum atomic E-state index is -0.325. The molecule has 1 atom stereocenters. The van der Waals surface area contributed by atoms with Crippen LogP contribution in [0.1, 0.15) is 6.42 Å². The van der Waals surface area contributed by atoms with E-state index in [-0.39, 0.29) is 12.2 Å². The van der Waals surface area contributed by atoms with Gasteiger partial charge in [0.15, 0.2) is 0 Å². The quantitative estimate of drug-likeness (QED) is 0.675. The number of hydrogen-bond acceptors (Lipinski definition) is 3. The van der Waals surface area contributed by atoms with Gasteiger partial charge in [0.1, 0.15) is 6.10 Å². The molecule has 1 radical (unpaired) electrons. The Kier molecular flexibility index (Phi) is 4.69. The Morgan fingerprint density at radius 2 is 2.43 bits per heavy atom. The van der Waals surface area contributed by atoms with Gasteiger partial charge in [-0.25, -0.2) is 10.1 Å². The molecule has 1 heterocycles. The summed E-state index contributed by atoms with van der Waals surface area (Å²) in [5.74, 6) is 0. The van der Waals surface area contributed by atoms with Crippen LogP contribution < -0.4 is 10.6 Å². The lowest BCUT2D eigenvalue weighted by molar-refractivity contribution is 0.107. The highest BCUT2D eigenvalue weighted by molar-refractivity contribution is 5.67. The van der Waals surface area contributed by atoms with E-state index in [1.54, 1.807) is 0 Å². The lowest BCUT2D eigenvalue weighted by atomic mass is 10.3. The van der Waals surface area contributed by atoms with Crippen LogP contribution >= 0.6 is 0 Å². The third-order valence-corrected chi connectivity index (χ3v) is 2.04. The van der Waals surface area contributed by atoms with Crippen LogP contribution in [-0.2, 0) is 4.74 Å². The molecule has 1 N–H and O–H groups in total. The van der Waals surface area contributed by atoms with Gasteiger partial charge in [-0.2, -0.15) is 0 Å². The molecule has 1 amide bonds. The predicted molar refractivity (Wildman–Crippen MR) is 53.3 cm³/mol. The van der Waals surface area contributed by atoms with Crippen molar-refractivity contribution in [1.82, 2.24) is 15.5 Å². The SMILES string of the molecule is CN(C)CCNC(=O)OC1CC[N]C1. The van der Waals surface area contributed by atoms with Gasteiger partial charge in [0, 0.05) is 19.6 Å². The second kappa shape index (κ2) is 5.82. The summed E-state index contributed by atoms with van der Waals surface area (Å²) in [4.78, 5) is 13.2. The van der Waals surface area contributed by atoms with Crippen LogP contribution in [0.4, 0.5) is 4.79 Å². The molecule has 0 aromatic heterocycles. The molecular formula is C9H18N3O2. The van der Waals surface area contributed by atoms with E-state index in [9.17, 15) is 4.79 Å². The smallest absolute Gasteiger partial charge is 0.407 e. The van der Waals surface area contributed by atoms with E-state index < -0.39 is 0 Å². The number of likely N-dealkylation sites (N-methyl/N-ethyl adjacent to an activating group) is 1. The van der Waals surface area contributed by atoms with Crippen molar-refractivity contribution in [2.45, 2.75) is 12.5 Å². The number of nitrogens with zero attached hydrogens (tertiary/aromatic N) is 2. The largest absolute Gasteiger partial charge is 0.445 e. The van der Waals surface area contributed by atoms with Crippen molar-refractivity contribution in [1.29, 1.82) is 0 Å². The molecule has 0 spiro atoms. The van der Waals surface area contributed by atoms with E-state index >= 15 is 0 Å². The molecule has 1 fully saturated rings. The van der Waals surface area contributed by atoms with Crippen LogP contribution in [0.2, 0.25) is 0 Å². The first kappa shape index (κ1) is 11.3. The second-order valence-corrected chi connectivity index (χ2v) is 3.68. The van der Waals surface area contributed by atoms with E-state index in [1.165, 1.54) is 0 Å². The molecule has 0 bridgehead atoms. The molecule has 0 aliphatic carbocycles. The summed E-state index contributed by atoms with van der Waals surface area (Å²) in [7, 11) is 3.92. The number of carbonyl (C=O) groups excluding carboxylic acids is 1. The Morgan fingerprint density at radius 1 is 1.64 bits per heavy atom. The zero-order valence-corrected chi connectivity index (χ0v) is 8.82. The Balaban J connectivity index is 2.03. The maximum Gasteiger partial charge on any atom is 0.407 e. The van der Waals surface area contributed by atoms with Crippen LogP contribution in [0.25, 0.3) is 0 Å². The molecule has 1 aliphatic heterocycles. The van der Waals surface area contributed by atoms with Crippen molar-refractivity contribution in [3.05, 3.63) is 0 Å². The monoisotopic (exact) mass is 200 g/mol. The number of rotatable bonds is 4. The zero-order valence-electron chi connectivity index (χ0n) is 8.82. The Hall–Kier alpha value is -0.810. The number of hydrogen-bond donors (Lipinski definition) is 1. The van der Waals surface area contributed by atoms with Crippen molar-refractivity contribution in [2.75, 3.05) is 40.3 Å². The van der Waals surface area contributed by atoms with Crippen LogP contribution in [0.15, 0.2) is 0 Å². The normalized spacial score (nSPS) is 21.2. The van der Waals surface area contributed by atoms with Crippen molar-refractivity contribution in [3.8, 4) is 0 Å². The topological polar surface area (TPSA) is 55.7 Å². The van der Waals surface area contributed by atoms with E-state index in [2.05, 4.69) is 10.6 Å².